The summed E-state index contributed by atoms with van der Waals surface area (Å²) in [5.74, 6) is -0.301. The Kier molecular flexibility index (Phi) is 4.74. The van der Waals surface area contributed by atoms with Crippen LogP contribution in [0.15, 0.2) is 60.1 Å². The predicted molar refractivity (Wildman–Crippen MR) is 107 cm³/mol. The highest BCUT2D eigenvalue weighted by molar-refractivity contribution is 7.81. The third kappa shape index (κ3) is 3.90. The number of nitrogens with one attached hydrogen (secondary N) is 2. The second kappa shape index (κ2) is 7.19. The number of rotatable bonds is 5. The maximum atomic E-state index is 13.9. The highest BCUT2D eigenvalue weighted by Crippen LogP contribution is 2.56. The number of benzene rings is 1. The average molecular weight is 381 g/mol. The molecule has 0 saturated heterocycles. The van der Waals surface area contributed by atoms with E-state index in [1.807, 2.05) is 30.3 Å². The quantitative estimate of drug-likeness (QED) is 0.762. The standard InChI is InChI=1S/C21H20FN3OS/c22-16-13-23-9-6-14(16)12-24-17-10-21(7-8-21)11-18(26)19(17)20(27)25-15-4-2-1-3-5-15/h1-6,9,13,24H,7-8,10-12H2,(H,25,27). The number of halogens is 1. The van der Waals surface area contributed by atoms with Crippen LogP contribution in [0.1, 0.15) is 31.2 Å². The van der Waals surface area contributed by atoms with Gasteiger partial charge in [-0.15, -0.1) is 0 Å². The fourth-order valence-electron chi connectivity index (χ4n) is 3.53. The van der Waals surface area contributed by atoms with Gasteiger partial charge in [0, 0.05) is 36.1 Å². The van der Waals surface area contributed by atoms with E-state index in [0.717, 1.165) is 30.6 Å². The first-order chi connectivity index (χ1) is 13.1. The molecule has 0 atom stereocenters. The number of para-hydroxylation sites is 1. The van der Waals surface area contributed by atoms with Crippen molar-refractivity contribution < 1.29 is 9.18 Å². The lowest BCUT2D eigenvalue weighted by Crippen LogP contribution is -2.32. The molecule has 1 spiro atoms. The van der Waals surface area contributed by atoms with E-state index in [9.17, 15) is 9.18 Å². The van der Waals surface area contributed by atoms with E-state index < -0.39 is 0 Å². The van der Waals surface area contributed by atoms with Gasteiger partial charge in [0.2, 0.25) is 0 Å². The molecule has 1 aromatic carbocycles. The van der Waals surface area contributed by atoms with Crippen LogP contribution in [0.2, 0.25) is 0 Å². The highest BCUT2D eigenvalue weighted by Gasteiger charge is 2.49. The molecule has 2 N–H and O–H groups in total. The van der Waals surface area contributed by atoms with Gasteiger partial charge in [-0.2, -0.15) is 0 Å². The molecule has 0 radical (unpaired) electrons. The van der Waals surface area contributed by atoms with E-state index in [-0.39, 0.29) is 17.0 Å². The van der Waals surface area contributed by atoms with Gasteiger partial charge in [0.25, 0.3) is 0 Å². The Morgan fingerprint density at radius 3 is 2.67 bits per heavy atom. The van der Waals surface area contributed by atoms with E-state index in [1.54, 1.807) is 12.3 Å². The Morgan fingerprint density at radius 2 is 1.96 bits per heavy atom. The summed E-state index contributed by atoms with van der Waals surface area (Å²) in [6.07, 6.45) is 6.18. The van der Waals surface area contributed by atoms with Crippen molar-refractivity contribution in [3.8, 4) is 0 Å². The largest absolute Gasteiger partial charge is 0.383 e. The summed E-state index contributed by atoms with van der Waals surface area (Å²) in [6, 6.07) is 11.2. The van der Waals surface area contributed by atoms with Crippen LogP contribution in [0.3, 0.4) is 0 Å². The zero-order valence-electron chi connectivity index (χ0n) is 14.8. The topological polar surface area (TPSA) is 54.0 Å². The van der Waals surface area contributed by atoms with E-state index >= 15 is 0 Å². The molecule has 4 nitrogen and oxygen atoms in total. The number of carbonyl (C=O) groups is 1. The number of nitrogens with zero attached hydrogens (tertiary/aromatic N) is 1. The van der Waals surface area contributed by atoms with Gasteiger partial charge >= 0.3 is 0 Å². The Balaban J connectivity index is 1.59. The van der Waals surface area contributed by atoms with Crippen LogP contribution >= 0.6 is 12.2 Å². The third-order valence-electron chi connectivity index (χ3n) is 5.23. The Bertz CT molecular complexity index is 922. The fourth-order valence-corrected chi connectivity index (χ4v) is 3.89. The number of allylic oxidation sites excluding steroid dienone is 1. The van der Waals surface area contributed by atoms with Gasteiger partial charge in [-0.25, -0.2) is 4.39 Å². The molecule has 138 valence electrons. The Hall–Kier alpha value is -2.60. The zero-order chi connectivity index (χ0) is 18.9. The van der Waals surface area contributed by atoms with Crippen LogP contribution in [0.4, 0.5) is 10.1 Å². The van der Waals surface area contributed by atoms with Crippen molar-refractivity contribution in [2.45, 2.75) is 32.2 Å². The van der Waals surface area contributed by atoms with Crippen molar-refractivity contribution >= 4 is 28.7 Å². The number of hydrogen-bond acceptors (Lipinski definition) is 4. The molecule has 4 rings (SSSR count). The molecule has 27 heavy (non-hydrogen) atoms. The van der Waals surface area contributed by atoms with Crippen LogP contribution in [0.5, 0.6) is 0 Å². The molecule has 6 heteroatoms. The molecule has 0 bridgehead atoms. The summed E-state index contributed by atoms with van der Waals surface area (Å²) >= 11 is 5.55. The summed E-state index contributed by atoms with van der Waals surface area (Å²) in [6.45, 7) is 0.296. The lowest BCUT2D eigenvalue weighted by Gasteiger charge is -2.27. The second-order valence-electron chi connectivity index (χ2n) is 7.27. The van der Waals surface area contributed by atoms with Crippen LogP contribution in [-0.4, -0.2) is 15.8 Å². The maximum Gasteiger partial charge on any atom is 0.168 e. The first kappa shape index (κ1) is 17.8. The summed E-state index contributed by atoms with van der Waals surface area (Å²) < 4.78 is 13.9. The number of pyridine rings is 1. The summed E-state index contributed by atoms with van der Waals surface area (Å²) in [5, 5.41) is 6.44. The van der Waals surface area contributed by atoms with Crippen molar-refractivity contribution in [1.29, 1.82) is 0 Å². The predicted octanol–water partition coefficient (Wildman–Crippen LogP) is 4.15. The minimum absolute atomic E-state index is 0.0601. The highest BCUT2D eigenvalue weighted by atomic mass is 32.1. The average Bonchev–Trinajstić information content (AvgIpc) is 3.39. The third-order valence-corrected chi connectivity index (χ3v) is 5.54. The second-order valence-corrected chi connectivity index (χ2v) is 7.68. The van der Waals surface area contributed by atoms with E-state index in [4.69, 9.17) is 12.2 Å². The molecule has 1 fully saturated rings. The molecular weight excluding hydrogens is 361 g/mol. The zero-order valence-corrected chi connectivity index (χ0v) is 15.6. The van der Waals surface area contributed by atoms with Gasteiger partial charge in [0.1, 0.15) is 10.8 Å². The maximum absolute atomic E-state index is 13.9. The van der Waals surface area contributed by atoms with Gasteiger partial charge in [0.15, 0.2) is 5.78 Å². The van der Waals surface area contributed by atoms with E-state index in [1.165, 1.54) is 6.20 Å². The SMILES string of the molecule is O=C1CC2(CC2)CC(NCc2ccncc2F)=C1C(=S)Nc1ccccc1. The molecular formula is C21H20FN3OS. The molecule has 0 amide bonds. The lowest BCUT2D eigenvalue weighted by atomic mass is 9.83. The minimum Gasteiger partial charge on any atom is -0.383 e. The number of anilines is 1. The van der Waals surface area contributed by atoms with Crippen molar-refractivity contribution in [1.82, 2.24) is 10.3 Å². The molecule has 0 unspecified atom stereocenters. The Morgan fingerprint density at radius 1 is 1.19 bits per heavy atom. The molecule has 2 aromatic rings. The van der Waals surface area contributed by atoms with Gasteiger partial charge in [-0.3, -0.25) is 9.78 Å². The number of carbonyl (C=O) groups excluding carboxylic acids is 1. The smallest absolute Gasteiger partial charge is 0.168 e. The van der Waals surface area contributed by atoms with E-state index in [0.29, 0.717) is 29.1 Å². The van der Waals surface area contributed by atoms with Gasteiger partial charge in [0.05, 0.1) is 11.8 Å². The first-order valence-electron chi connectivity index (χ1n) is 9.01. The van der Waals surface area contributed by atoms with Crippen molar-refractivity contribution in [2.75, 3.05) is 5.32 Å². The number of hydrogen-bond donors (Lipinski definition) is 2. The number of thiocarbonyl (C=S) groups is 1. The van der Waals surface area contributed by atoms with Gasteiger partial charge in [-0.1, -0.05) is 30.4 Å². The van der Waals surface area contributed by atoms with Crippen LogP contribution < -0.4 is 10.6 Å². The van der Waals surface area contributed by atoms with Gasteiger partial charge in [-0.05, 0) is 42.9 Å². The van der Waals surface area contributed by atoms with Crippen LogP contribution in [0.25, 0.3) is 0 Å². The first-order valence-corrected chi connectivity index (χ1v) is 9.42. The minimum atomic E-state index is -0.361. The summed E-state index contributed by atoms with van der Waals surface area (Å²) in [7, 11) is 0. The van der Waals surface area contributed by atoms with Crippen molar-refractivity contribution in [3.63, 3.8) is 0 Å². The molecule has 2 aliphatic carbocycles. The van der Waals surface area contributed by atoms with Crippen LogP contribution in [-0.2, 0) is 11.3 Å². The molecule has 0 aliphatic heterocycles. The summed E-state index contributed by atoms with van der Waals surface area (Å²) in [5.41, 5.74) is 2.77. The Labute approximate surface area is 162 Å². The lowest BCUT2D eigenvalue weighted by molar-refractivity contribution is -0.116. The number of Topliss-reactive ketones (excluding diaryl/α,β-unsaturated/α-hetero) is 1. The molecule has 1 aromatic heterocycles. The van der Waals surface area contributed by atoms with Crippen molar-refractivity contribution in [3.05, 3.63) is 71.4 Å². The summed E-state index contributed by atoms with van der Waals surface area (Å²) in [4.78, 5) is 17.1. The van der Waals surface area contributed by atoms with Crippen LogP contribution in [0, 0.1) is 11.2 Å². The monoisotopic (exact) mass is 381 g/mol. The van der Waals surface area contributed by atoms with E-state index in [2.05, 4.69) is 15.6 Å². The number of aromatic nitrogens is 1. The fraction of sp³-hybridized carbons (Fsp3) is 0.286. The molecule has 1 saturated carbocycles. The molecule has 2 aliphatic rings. The van der Waals surface area contributed by atoms with Crippen molar-refractivity contribution in [2.24, 2.45) is 5.41 Å². The normalized spacial score (nSPS) is 17.7. The number of ketones is 1. The molecule has 1 heterocycles. The van der Waals surface area contributed by atoms with Gasteiger partial charge < -0.3 is 10.6 Å².